The number of rotatable bonds is 4. The van der Waals surface area contributed by atoms with Gasteiger partial charge in [-0.1, -0.05) is 41.4 Å². The number of carbonyl (C=O) groups excluding carboxylic acids is 1. The molecular weight excluding hydrogens is 295 g/mol. The van der Waals surface area contributed by atoms with Gasteiger partial charge < -0.3 is 4.74 Å². The molecule has 0 aliphatic rings. The van der Waals surface area contributed by atoms with E-state index in [1.807, 2.05) is 24.3 Å². The molecule has 102 valence electrons. The highest BCUT2D eigenvalue weighted by Crippen LogP contribution is 2.20. The maximum Gasteiger partial charge on any atom is 0.185 e. The van der Waals surface area contributed by atoms with E-state index in [4.69, 9.17) is 27.9 Å². The van der Waals surface area contributed by atoms with Crippen LogP contribution < -0.4 is 4.74 Å². The van der Waals surface area contributed by atoms with Crippen LogP contribution in [0.5, 0.6) is 5.75 Å². The lowest BCUT2D eigenvalue weighted by Crippen LogP contribution is -1.94. The fourth-order valence-corrected chi connectivity index (χ4v) is 2.21. The Morgan fingerprint density at radius 1 is 1.05 bits per heavy atom. The third-order valence-electron chi connectivity index (χ3n) is 2.69. The Kier molecular flexibility index (Phi) is 4.83. The van der Waals surface area contributed by atoms with Gasteiger partial charge in [0, 0.05) is 15.6 Å². The van der Waals surface area contributed by atoms with Crippen molar-refractivity contribution in [2.45, 2.75) is 0 Å². The normalized spacial score (nSPS) is 10.8. The number of halogens is 2. The predicted octanol–water partition coefficient (Wildman–Crippen LogP) is 4.90. The zero-order valence-electron chi connectivity index (χ0n) is 10.8. The van der Waals surface area contributed by atoms with Gasteiger partial charge in [-0.3, -0.25) is 4.79 Å². The van der Waals surface area contributed by atoms with Gasteiger partial charge >= 0.3 is 0 Å². The molecule has 2 nitrogen and oxygen atoms in total. The molecule has 0 N–H and O–H groups in total. The van der Waals surface area contributed by atoms with Crippen LogP contribution in [0.15, 0.2) is 48.5 Å². The smallest absolute Gasteiger partial charge is 0.185 e. The molecule has 0 amide bonds. The molecule has 0 aliphatic carbocycles. The molecule has 4 heteroatoms. The number of carbonyl (C=O) groups is 1. The Hall–Kier alpha value is -1.77. The topological polar surface area (TPSA) is 26.3 Å². The molecular formula is C16H12Cl2O2. The van der Waals surface area contributed by atoms with Crippen molar-refractivity contribution < 1.29 is 9.53 Å². The molecule has 0 aromatic heterocycles. The molecule has 0 fully saturated rings. The average Bonchev–Trinajstić information content (AvgIpc) is 2.44. The first-order valence-electron chi connectivity index (χ1n) is 5.91. The molecule has 2 aromatic rings. The lowest BCUT2D eigenvalue weighted by atomic mass is 10.1. The first kappa shape index (κ1) is 14.6. The molecule has 0 saturated heterocycles. The van der Waals surface area contributed by atoms with Crippen molar-refractivity contribution in [1.29, 1.82) is 0 Å². The van der Waals surface area contributed by atoms with Crippen molar-refractivity contribution >= 4 is 35.1 Å². The molecule has 0 unspecified atom stereocenters. The van der Waals surface area contributed by atoms with Crippen LogP contribution in [-0.2, 0) is 0 Å². The van der Waals surface area contributed by atoms with Crippen LogP contribution in [0.2, 0.25) is 10.0 Å². The van der Waals surface area contributed by atoms with Crippen molar-refractivity contribution in [3.8, 4) is 5.75 Å². The first-order valence-corrected chi connectivity index (χ1v) is 6.66. The average molecular weight is 307 g/mol. The third-order valence-corrected chi connectivity index (χ3v) is 3.13. The predicted molar refractivity (Wildman–Crippen MR) is 82.8 cm³/mol. The third kappa shape index (κ3) is 3.86. The van der Waals surface area contributed by atoms with Crippen LogP contribution in [0, 0.1) is 0 Å². The van der Waals surface area contributed by atoms with E-state index < -0.39 is 0 Å². The van der Waals surface area contributed by atoms with Crippen LogP contribution in [0.3, 0.4) is 0 Å². The second-order valence-corrected chi connectivity index (χ2v) is 5.00. The van der Waals surface area contributed by atoms with Gasteiger partial charge in [0.05, 0.1) is 7.11 Å². The maximum absolute atomic E-state index is 12.0. The van der Waals surface area contributed by atoms with Gasteiger partial charge in [-0.05, 0) is 42.0 Å². The Balaban J connectivity index is 2.15. The minimum atomic E-state index is -0.148. The van der Waals surface area contributed by atoms with Crippen molar-refractivity contribution in [3.05, 3.63) is 69.7 Å². The highest BCUT2D eigenvalue weighted by Gasteiger charge is 2.04. The van der Waals surface area contributed by atoms with Crippen LogP contribution in [0.4, 0.5) is 0 Å². The van der Waals surface area contributed by atoms with Crippen molar-refractivity contribution in [1.82, 2.24) is 0 Å². The molecule has 2 rings (SSSR count). The van der Waals surface area contributed by atoms with E-state index in [-0.39, 0.29) is 5.78 Å². The van der Waals surface area contributed by atoms with Crippen LogP contribution in [0.1, 0.15) is 15.9 Å². The van der Waals surface area contributed by atoms with Gasteiger partial charge in [0.2, 0.25) is 0 Å². The summed E-state index contributed by atoms with van der Waals surface area (Å²) >= 11 is 11.7. The van der Waals surface area contributed by atoms with Gasteiger partial charge in [-0.25, -0.2) is 0 Å². The van der Waals surface area contributed by atoms with Gasteiger partial charge in [0.25, 0.3) is 0 Å². The van der Waals surface area contributed by atoms with E-state index in [0.29, 0.717) is 15.6 Å². The minimum absolute atomic E-state index is 0.148. The Labute approximate surface area is 127 Å². The summed E-state index contributed by atoms with van der Waals surface area (Å²) in [6.07, 6.45) is 3.22. The van der Waals surface area contributed by atoms with Crippen molar-refractivity contribution in [2.24, 2.45) is 0 Å². The lowest BCUT2D eigenvalue weighted by molar-refractivity contribution is 0.104. The maximum atomic E-state index is 12.0. The largest absolute Gasteiger partial charge is 0.497 e. The quantitative estimate of drug-likeness (QED) is 0.593. The standard InChI is InChI=1S/C16H12Cl2O2/c1-20-15-5-2-11(3-6-15)4-7-16(19)12-8-13(17)10-14(18)9-12/h2-10H,1H3. The summed E-state index contributed by atoms with van der Waals surface area (Å²) < 4.78 is 5.07. The number of allylic oxidation sites excluding steroid dienone is 1. The van der Waals surface area contributed by atoms with E-state index in [1.165, 1.54) is 6.08 Å². The number of ether oxygens (including phenoxy) is 1. The summed E-state index contributed by atoms with van der Waals surface area (Å²) in [5.41, 5.74) is 1.37. The molecule has 20 heavy (non-hydrogen) atoms. The molecule has 0 aliphatic heterocycles. The summed E-state index contributed by atoms with van der Waals surface area (Å²) in [5.74, 6) is 0.625. The molecule has 0 heterocycles. The van der Waals surface area contributed by atoms with Crippen LogP contribution in [-0.4, -0.2) is 12.9 Å². The van der Waals surface area contributed by atoms with E-state index in [2.05, 4.69) is 0 Å². The summed E-state index contributed by atoms with van der Waals surface area (Å²) in [6, 6.07) is 12.2. The summed E-state index contributed by atoms with van der Waals surface area (Å²) in [4.78, 5) is 12.0. The molecule has 0 atom stereocenters. The number of hydrogen-bond donors (Lipinski definition) is 0. The zero-order valence-corrected chi connectivity index (χ0v) is 12.3. The summed E-state index contributed by atoms with van der Waals surface area (Å²) in [7, 11) is 1.61. The zero-order chi connectivity index (χ0) is 14.5. The lowest BCUT2D eigenvalue weighted by Gasteiger charge is -2.00. The monoisotopic (exact) mass is 306 g/mol. The fraction of sp³-hybridized carbons (Fsp3) is 0.0625. The van der Waals surface area contributed by atoms with Crippen LogP contribution in [0.25, 0.3) is 6.08 Å². The number of hydrogen-bond acceptors (Lipinski definition) is 2. The van der Waals surface area contributed by atoms with Gasteiger partial charge in [0.1, 0.15) is 5.75 Å². The van der Waals surface area contributed by atoms with Gasteiger partial charge in [-0.15, -0.1) is 0 Å². The highest BCUT2D eigenvalue weighted by atomic mass is 35.5. The minimum Gasteiger partial charge on any atom is -0.497 e. The highest BCUT2D eigenvalue weighted by molar-refractivity contribution is 6.35. The number of benzene rings is 2. The molecule has 0 spiro atoms. The first-order chi connectivity index (χ1) is 9.58. The second kappa shape index (κ2) is 6.60. The SMILES string of the molecule is COc1ccc(C=CC(=O)c2cc(Cl)cc(Cl)c2)cc1. The molecule has 0 bridgehead atoms. The van der Waals surface area contributed by atoms with E-state index in [9.17, 15) is 4.79 Å². The van der Waals surface area contributed by atoms with Gasteiger partial charge in [-0.2, -0.15) is 0 Å². The Bertz CT molecular complexity index is 626. The van der Waals surface area contributed by atoms with Crippen molar-refractivity contribution in [3.63, 3.8) is 0 Å². The number of ketones is 1. The Morgan fingerprint density at radius 3 is 2.20 bits per heavy atom. The van der Waals surface area contributed by atoms with E-state index in [1.54, 1.807) is 31.4 Å². The molecule has 2 aromatic carbocycles. The Morgan fingerprint density at radius 2 is 1.65 bits per heavy atom. The van der Waals surface area contributed by atoms with Crippen LogP contribution >= 0.6 is 23.2 Å². The summed E-state index contributed by atoms with van der Waals surface area (Å²) in [5, 5.41) is 0.886. The fourth-order valence-electron chi connectivity index (χ4n) is 1.68. The van der Waals surface area contributed by atoms with Gasteiger partial charge in [0.15, 0.2) is 5.78 Å². The van der Waals surface area contributed by atoms with E-state index >= 15 is 0 Å². The second-order valence-electron chi connectivity index (χ2n) is 4.13. The van der Waals surface area contributed by atoms with E-state index in [0.717, 1.165) is 11.3 Å². The van der Waals surface area contributed by atoms with Crippen molar-refractivity contribution in [2.75, 3.05) is 7.11 Å². The summed E-state index contributed by atoms with van der Waals surface area (Å²) in [6.45, 7) is 0. The number of methoxy groups -OCH3 is 1. The molecule has 0 saturated carbocycles. The molecule has 0 radical (unpaired) electrons.